The molecule has 128 valence electrons. The standard InChI is InChI=1S/C15H13Cl2NO5S/c1-2-22-15(19)18-11-4-3-5-12(9-11)23-24(20,21)14-8-10(16)6-7-13(14)17/h3-9H,2H2,1H3,(H,18,19). The van der Waals surface area contributed by atoms with Gasteiger partial charge >= 0.3 is 16.2 Å². The molecule has 0 heterocycles. The Balaban J connectivity index is 2.24. The molecule has 0 saturated carbocycles. The maximum atomic E-state index is 12.3. The van der Waals surface area contributed by atoms with E-state index in [1.54, 1.807) is 13.0 Å². The van der Waals surface area contributed by atoms with Crippen LogP contribution in [0.15, 0.2) is 47.4 Å². The summed E-state index contributed by atoms with van der Waals surface area (Å²) in [5.74, 6) is 0.000315. The van der Waals surface area contributed by atoms with Crippen molar-refractivity contribution in [2.24, 2.45) is 0 Å². The van der Waals surface area contributed by atoms with Crippen LogP contribution in [-0.2, 0) is 14.9 Å². The van der Waals surface area contributed by atoms with Gasteiger partial charge in [0.05, 0.1) is 11.6 Å². The third-order valence-corrected chi connectivity index (χ3v) is 4.69. The third-order valence-electron chi connectivity index (χ3n) is 2.72. The fourth-order valence-electron chi connectivity index (χ4n) is 1.75. The number of hydrogen-bond donors (Lipinski definition) is 1. The normalized spacial score (nSPS) is 11.0. The molecule has 0 spiro atoms. The Hall–Kier alpha value is -1.96. The van der Waals surface area contributed by atoms with Crippen LogP contribution < -0.4 is 9.50 Å². The van der Waals surface area contributed by atoms with Crippen molar-refractivity contribution in [2.45, 2.75) is 11.8 Å². The lowest BCUT2D eigenvalue weighted by molar-refractivity contribution is 0.168. The predicted octanol–water partition coefficient (Wildman–Crippen LogP) is 4.33. The maximum absolute atomic E-state index is 12.3. The average Bonchev–Trinajstić information content (AvgIpc) is 2.49. The zero-order valence-corrected chi connectivity index (χ0v) is 14.8. The van der Waals surface area contributed by atoms with E-state index in [0.29, 0.717) is 5.69 Å². The van der Waals surface area contributed by atoms with Crippen LogP contribution in [-0.4, -0.2) is 21.1 Å². The van der Waals surface area contributed by atoms with Gasteiger partial charge in [0, 0.05) is 16.8 Å². The summed E-state index contributed by atoms with van der Waals surface area (Å²) in [4.78, 5) is 11.1. The fraction of sp³-hybridized carbons (Fsp3) is 0.133. The van der Waals surface area contributed by atoms with Gasteiger partial charge in [0.2, 0.25) is 0 Å². The molecule has 6 nitrogen and oxygen atoms in total. The molecule has 0 unspecified atom stereocenters. The van der Waals surface area contributed by atoms with Gasteiger partial charge < -0.3 is 8.92 Å². The Morgan fingerprint density at radius 3 is 2.62 bits per heavy atom. The van der Waals surface area contributed by atoms with Crippen LogP contribution >= 0.6 is 23.2 Å². The summed E-state index contributed by atoms with van der Waals surface area (Å²) in [5, 5.41) is 2.64. The number of carbonyl (C=O) groups excluding carboxylic acids is 1. The minimum absolute atomic E-state index is 0.000315. The van der Waals surface area contributed by atoms with Crippen molar-refractivity contribution in [3.8, 4) is 5.75 Å². The predicted molar refractivity (Wildman–Crippen MR) is 91.4 cm³/mol. The highest BCUT2D eigenvalue weighted by Gasteiger charge is 2.21. The van der Waals surface area contributed by atoms with Gasteiger partial charge in [-0.1, -0.05) is 29.3 Å². The molecule has 0 saturated heterocycles. The lowest BCUT2D eigenvalue weighted by atomic mass is 10.3. The number of carbonyl (C=O) groups is 1. The summed E-state index contributed by atoms with van der Waals surface area (Å²) in [7, 11) is -4.18. The van der Waals surface area contributed by atoms with E-state index in [1.165, 1.54) is 36.4 Å². The molecule has 1 amide bonds. The van der Waals surface area contributed by atoms with Crippen molar-refractivity contribution >= 4 is 45.1 Å². The smallest absolute Gasteiger partial charge is 0.411 e. The van der Waals surface area contributed by atoms with Crippen LogP contribution in [0.4, 0.5) is 10.5 Å². The monoisotopic (exact) mass is 389 g/mol. The van der Waals surface area contributed by atoms with Gasteiger partial charge in [0.1, 0.15) is 10.6 Å². The minimum Gasteiger partial charge on any atom is -0.450 e. The minimum atomic E-state index is -4.18. The molecule has 2 aromatic carbocycles. The van der Waals surface area contributed by atoms with Gasteiger partial charge in [-0.2, -0.15) is 8.42 Å². The van der Waals surface area contributed by atoms with Gasteiger partial charge in [-0.05, 0) is 37.3 Å². The van der Waals surface area contributed by atoms with E-state index in [9.17, 15) is 13.2 Å². The van der Waals surface area contributed by atoms with E-state index in [2.05, 4.69) is 5.32 Å². The first-order valence-corrected chi connectivity index (χ1v) is 8.91. The molecule has 2 aromatic rings. The molecule has 1 N–H and O–H groups in total. The highest BCUT2D eigenvalue weighted by atomic mass is 35.5. The number of nitrogens with one attached hydrogen (secondary N) is 1. The number of halogens is 2. The summed E-state index contributed by atoms with van der Waals surface area (Å²) >= 11 is 11.7. The second kappa shape index (κ2) is 7.74. The number of hydrogen-bond acceptors (Lipinski definition) is 5. The van der Waals surface area contributed by atoms with Crippen molar-refractivity contribution in [1.82, 2.24) is 0 Å². The van der Waals surface area contributed by atoms with E-state index in [1.807, 2.05) is 0 Å². The number of ether oxygens (including phenoxy) is 1. The number of anilines is 1. The second-order valence-corrected chi connectivity index (χ2v) is 6.84. The van der Waals surface area contributed by atoms with Crippen molar-refractivity contribution in [3.63, 3.8) is 0 Å². The maximum Gasteiger partial charge on any atom is 0.411 e. The second-order valence-electron chi connectivity index (χ2n) is 4.49. The summed E-state index contributed by atoms with van der Waals surface area (Å²) in [6.45, 7) is 1.88. The van der Waals surface area contributed by atoms with E-state index < -0.39 is 16.2 Å². The Bertz CT molecular complexity index is 855. The van der Waals surface area contributed by atoms with Crippen molar-refractivity contribution < 1.29 is 22.1 Å². The van der Waals surface area contributed by atoms with Gasteiger partial charge in [-0.25, -0.2) is 4.79 Å². The van der Waals surface area contributed by atoms with Crippen molar-refractivity contribution in [1.29, 1.82) is 0 Å². The largest absolute Gasteiger partial charge is 0.450 e. The first-order chi connectivity index (χ1) is 11.3. The third kappa shape index (κ3) is 4.77. The van der Waals surface area contributed by atoms with Crippen molar-refractivity contribution in [2.75, 3.05) is 11.9 Å². The Labute approximate surface area is 149 Å². The van der Waals surface area contributed by atoms with E-state index >= 15 is 0 Å². The Morgan fingerprint density at radius 2 is 1.92 bits per heavy atom. The first-order valence-electron chi connectivity index (χ1n) is 6.75. The quantitative estimate of drug-likeness (QED) is 0.769. The number of amides is 1. The van der Waals surface area contributed by atoms with Crippen LogP contribution in [0.3, 0.4) is 0 Å². The highest BCUT2D eigenvalue weighted by Crippen LogP contribution is 2.28. The number of rotatable bonds is 5. The Kier molecular flexibility index (Phi) is 5.93. The van der Waals surface area contributed by atoms with Crippen LogP contribution in [0.1, 0.15) is 6.92 Å². The zero-order valence-electron chi connectivity index (χ0n) is 12.5. The van der Waals surface area contributed by atoms with Crippen LogP contribution in [0.2, 0.25) is 10.0 Å². The lowest BCUT2D eigenvalue weighted by Gasteiger charge is -2.10. The molecule has 0 aliphatic heterocycles. The van der Waals surface area contributed by atoms with Crippen LogP contribution in [0.5, 0.6) is 5.75 Å². The Morgan fingerprint density at radius 1 is 1.17 bits per heavy atom. The molecule has 0 aromatic heterocycles. The summed E-state index contributed by atoms with van der Waals surface area (Å²) in [6.07, 6.45) is -0.657. The van der Waals surface area contributed by atoms with Crippen LogP contribution in [0, 0.1) is 0 Å². The van der Waals surface area contributed by atoms with Gasteiger partial charge in [0.15, 0.2) is 0 Å². The van der Waals surface area contributed by atoms with Gasteiger partial charge in [-0.3, -0.25) is 5.32 Å². The molecule has 0 aliphatic rings. The molecule has 9 heteroatoms. The van der Waals surface area contributed by atoms with E-state index in [-0.39, 0.29) is 27.3 Å². The first kappa shape index (κ1) is 18.4. The molecular weight excluding hydrogens is 377 g/mol. The van der Waals surface area contributed by atoms with Crippen molar-refractivity contribution in [3.05, 3.63) is 52.5 Å². The fourth-order valence-corrected chi connectivity index (χ4v) is 3.41. The zero-order chi connectivity index (χ0) is 17.7. The number of benzene rings is 2. The van der Waals surface area contributed by atoms with Crippen LogP contribution in [0.25, 0.3) is 0 Å². The highest BCUT2D eigenvalue weighted by molar-refractivity contribution is 7.87. The molecule has 0 aliphatic carbocycles. The van der Waals surface area contributed by atoms with Gasteiger partial charge in [0.25, 0.3) is 0 Å². The topological polar surface area (TPSA) is 81.7 Å². The molecule has 0 bridgehead atoms. The SMILES string of the molecule is CCOC(=O)Nc1cccc(OS(=O)(=O)c2cc(Cl)ccc2Cl)c1. The summed E-state index contributed by atoms with van der Waals surface area (Å²) in [5.41, 5.74) is 0.318. The summed E-state index contributed by atoms with van der Waals surface area (Å²) in [6, 6.07) is 9.86. The molecule has 0 radical (unpaired) electrons. The molecular formula is C15H13Cl2NO5S. The lowest BCUT2D eigenvalue weighted by Crippen LogP contribution is -2.14. The van der Waals surface area contributed by atoms with E-state index in [4.69, 9.17) is 32.1 Å². The molecule has 0 fully saturated rings. The molecule has 2 rings (SSSR count). The molecule has 24 heavy (non-hydrogen) atoms. The average molecular weight is 390 g/mol. The van der Waals surface area contributed by atoms with Gasteiger partial charge in [-0.15, -0.1) is 0 Å². The van der Waals surface area contributed by atoms with E-state index in [0.717, 1.165) is 0 Å². The molecule has 0 atom stereocenters. The summed E-state index contributed by atoms with van der Waals surface area (Å²) < 4.78 is 34.5.